The van der Waals surface area contributed by atoms with Gasteiger partial charge in [0.15, 0.2) is 5.96 Å². The number of hydrogen-bond donors (Lipinski definition) is 6. The zero-order valence-electron chi connectivity index (χ0n) is 28.9. The lowest BCUT2D eigenvalue weighted by Crippen LogP contribution is -2.56. The molecule has 0 saturated carbocycles. The Bertz CT molecular complexity index is 1500. The van der Waals surface area contributed by atoms with Crippen LogP contribution < -0.4 is 27.4 Å². The normalized spacial score (nSPS) is 13.8. The van der Waals surface area contributed by atoms with Crippen molar-refractivity contribution in [3.63, 3.8) is 0 Å². The van der Waals surface area contributed by atoms with E-state index in [0.717, 1.165) is 22.3 Å². The SMILES string of the molecule is CSCC[C@H](NC(=O)OCC1c2ccccc2-c2ccccc21)C(=O)N[C@@H](CCC(=O)OC(C)(C)C)C(=O)N[C@@H](CCCN=C(N)N)C(=O)O. The monoisotopic (exact) mass is 712 g/mol. The summed E-state index contributed by atoms with van der Waals surface area (Å²) >= 11 is 1.46. The number of carboxylic acids is 1. The van der Waals surface area contributed by atoms with Crippen molar-refractivity contribution in [2.75, 3.05) is 25.2 Å². The number of carbonyl (C=O) groups excluding carboxylic acids is 4. The summed E-state index contributed by atoms with van der Waals surface area (Å²) in [4.78, 5) is 68.4. The number of nitrogens with one attached hydrogen (secondary N) is 3. The van der Waals surface area contributed by atoms with Gasteiger partial charge in [-0.25, -0.2) is 9.59 Å². The largest absolute Gasteiger partial charge is 0.480 e. The van der Waals surface area contributed by atoms with Crippen LogP contribution in [0.4, 0.5) is 4.79 Å². The number of benzene rings is 2. The molecule has 0 unspecified atom stereocenters. The summed E-state index contributed by atoms with van der Waals surface area (Å²) < 4.78 is 11.0. The van der Waals surface area contributed by atoms with Gasteiger partial charge in [-0.15, -0.1) is 0 Å². The molecule has 0 spiro atoms. The van der Waals surface area contributed by atoms with Gasteiger partial charge in [-0.1, -0.05) is 48.5 Å². The van der Waals surface area contributed by atoms with Crippen molar-refractivity contribution >= 4 is 47.6 Å². The van der Waals surface area contributed by atoms with Crippen LogP contribution >= 0.6 is 11.8 Å². The summed E-state index contributed by atoms with van der Waals surface area (Å²) in [5, 5.41) is 17.4. The van der Waals surface area contributed by atoms with Crippen LogP contribution in [-0.2, 0) is 28.7 Å². The van der Waals surface area contributed by atoms with Gasteiger partial charge in [0.25, 0.3) is 0 Å². The van der Waals surface area contributed by atoms with Crippen LogP contribution in [0.25, 0.3) is 11.1 Å². The maximum absolute atomic E-state index is 13.6. The number of guanidine groups is 1. The summed E-state index contributed by atoms with van der Waals surface area (Å²) in [7, 11) is 0. The van der Waals surface area contributed by atoms with Gasteiger partial charge < -0.3 is 42.0 Å². The Hall–Kier alpha value is -4.79. The van der Waals surface area contributed by atoms with Crippen molar-refractivity contribution in [3.8, 4) is 11.1 Å². The second-order valence-corrected chi connectivity index (χ2v) is 13.8. The minimum absolute atomic E-state index is 0.00424. The number of aliphatic imine (C=N–C) groups is 1. The first-order valence-electron chi connectivity index (χ1n) is 16.4. The number of fused-ring (bicyclic) bond motifs is 3. The van der Waals surface area contributed by atoms with E-state index in [0.29, 0.717) is 5.75 Å². The van der Waals surface area contributed by atoms with Crippen molar-refractivity contribution < 1.29 is 38.6 Å². The van der Waals surface area contributed by atoms with Crippen LogP contribution in [-0.4, -0.2) is 89.8 Å². The van der Waals surface area contributed by atoms with E-state index in [2.05, 4.69) is 20.9 Å². The molecule has 14 nitrogen and oxygen atoms in total. The molecule has 8 N–H and O–H groups in total. The van der Waals surface area contributed by atoms with Crippen LogP contribution in [0.3, 0.4) is 0 Å². The van der Waals surface area contributed by atoms with Gasteiger partial charge >= 0.3 is 18.0 Å². The highest BCUT2D eigenvalue weighted by Gasteiger charge is 2.32. The molecule has 0 aliphatic heterocycles. The van der Waals surface area contributed by atoms with E-state index in [-0.39, 0.29) is 57.1 Å². The van der Waals surface area contributed by atoms with Crippen LogP contribution in [0.15, 0.2) is 53.5 Å². The fraction of sp³-hybridized carbons (Fsp3) is 0.486. The zero-order chi connectivity index (χ0) is 36.8. The molecule has 2 aromatic carbocycles. The van der Waals surface area contributed by atoms with Crippen LogP contribution in [0, 0.1) is 0 Å². The fourth-order valence-electron chi connectivity index (χ4n) is 5.52. The predicted octanol–water partition coefficient (Wildman–Crippen LogP) is 2.88. The number of thioether (sulfide) groups is 1. The second kappa shape index (κ2) is 18.8. The maximum atomic E-state index is 13.6. The number of aliphatic carboxylic acids is 1. The standard InChI is InChI=1S/C35H48N6O8S/c1-35(2,3)49-29(42)16-15-26(30(43)40-28(32(45)46)14-9-18-38-33(36)37)39-31(44)27(17-19-50-4)41-34(47)48-20-25-23-12-7-5-10-21(23)22-11-6-8-13-24(22)25/h5-8,10-13,25-28H,9,14-20H2,1-4H3,(H,39,44)(H,40,43)(H,41,47)(H,45,46)(H4,36,37,38)/t26-,27-,28-/m0/s1. The van der Waals surface area contributed by atoms with E-state index in [1.54, 1.807) is 20.8 Å². The molecule has 0 fully saturated rings. The molecule has 15 heteroatoms. The first-order valence-corrected chi connectivity index (χ1v) is 17.8. The van der Waals surface area contributed by atoms with E-state index in [9.17, 15) is 29.1 Å². The molecule has 0 aromatic heterocycles. The summed E-state index contributed by atoms with van der Waals surface area (Å²) in [5.74, 6) is -3.25. The van der Waals surface area contributed by atoms with Gasteiger partial charge in [-0.2, -0.15) is 11.8 Å². The average Bonchev–Trinajstić information content (AvgIpc) is 3.37. The van der Waals surface area contributed by atoms with Crippen molar-refractivity contribution in [1.82, 2.24) is 16.0 Å². The van der Waals surface area contributed by atoms with Gasteiger partial charge in [0.2, 0.25) is 11.8 Å². The predicted molar refractivity (Wildman–Crippen MR) is 191 cm³/mol. The quantitative estimate of drug-likeness (QED) is 0.0570. The number of carbonyl (C=O) groups is 5. The Kier molecular flexibility index (Phi) is 14.9. The molecule has 0 radical (unpaired) electrons. The van der Waals surface area contributed by atoms with Gasteiger partial charge in [0.1, 0.15) is 30.3 Å². The molecule has 2 aromatic rings. The average molecular weight is 713 g/mol. The van der Waals surface area contributed by atoms with E-state index in [4.69, 9.17) is 20.9 Å². The molecule has 1 aliphatic carbocycles. The van der Waals surface area contributed by atoms with Crippen molar-refractivity contribution in [3.05, 3.63) is 59.7 Å². The van der Waals surface area contributed by atoms with E-state index in [1.807, 2.05) is 54.8 Å². The van der Waals surface area contributed by atoms with Crippen molar-refractivity contribution in [2.24, 2.45) is 16.5 Å². The highest BCUT2D eigenvalue weighted by molar-refractivity contribution is 7.98. The number of nitrogens with zero attached hydrogens (tertiary/aromatic N) is 1. The number of hydrogen-bond acceptors (Lipinski definition) is 9. The smallest absolute Gasteiger partial charge is 0.407 e. The van der Waals surface area contributed by atoms with E-state index >= 15 is 0 Å². The highest BCUT2D eigenvalue weighted by Crippen LogP contribution is 2.44. The van der Waals surface area contributed by atoms with Crippen molar-refractivity contribution in [2.45, 2.75) is 82.5 Å². The number of alkyl carbamates (subject to hydrolysis) is 1. The lowest BCUT2D eigenvalue weighted by atomic mass is 9.98. The van der Waals surface area contributed by atoms with Crippen molar-refractivity contribution in [1.29, 1.82) is 0 Å². The summed E-state index contributed by atoms with van der Waals surface area (Å²) in [6, 6.07) is 12.1. The maximum Gasteiger partial charge on any atom is 0.407 e. The molecule has 1 aliphatic rings. The molecule has 272 valence electrons. The molecule has 3 rings (SSSR count). The highest BCUT2D eigenvalue weighted by atomic mass is 32.2. The Morgan fingerprint density at radius 3 is 1.96 bits per heavy atom. The Morgan fingerprint density at radius 1 is 0.860 bits per heavy atom. The molecular formula is C35H48N6O8S. The molecule has 0 saturated heterocycles. The Labute approximate surface area is 296 Å². The lowest BCUT2D eigenvalue weighted by Gasteiger charge is -2.25. The molecule has 0 heterocycles. The zero-order valence-corrected chi connectivity index (χ0v) is 29.7. The van der Waals surface area contributed by atoms with Crippen LogP contribution in [0.2, 0.25) is 0 Å². The number of amides is 3. The minimum atomic E-state index is -1.32. The third-order valence-corrected chi connectivity index (χ3v) is 8.46. The van der Waals surface area contributed by atoms with Gasteiger partial charge in [0, 0.05) is 18.9 Å². The van der Waals surface area contributed by atoms with Gasteiger partial charge in [-0.05, 0) is 80.7 Å². The number of esters is 1. The van der Waals surface area contributed by atoms with Crippen LogP contribution in [0.1, 0.15) is 69.9 Å². The number of nitrogens with two attached hydrogens (primary N) is 2. The first kappa shape index (κ1) is 39.6. The number of ether oxygens (including phenoxy) is 2. The molecule has 3 amide bonds. The molecular weight excluding hydrogens is 664 g/mol. The number of carboxylic acid groups (broad SMARTS) is 1. The minimum Gasteiger partial charge on any atom is -0.480 e. The van der Waals surface area contributed by atoms with Gasteiger partial charge in [0.05, 0.1) is 0 Å². The molecule has 50 heavy (non-hydrogen) atoms. The molecule has 0 bridgehead atoms. The van der Waals surface area contributed by atoms with E-state index in [1.165, 1.54) is 11.8 Å². The summed E-state index contributed by atoms with van der Waals surface area (Å²) in [5.41, 5.74) is 14.1. The second-order valence-electron chi connectivity index (χ2n) is 12.8. The third-order valence-electron chi connectivity index (χ3n) is 7.81. The Balaban J connectivity index is 1.71. The summed E-state index contributed by atoms with van der Waals surface area (Å²) in [6.07, 6.45) is 1.07. The topological polar surface area (TPSA) is 225 Å². The summed E-state index contributed by atoms with van der Waals surface area (Å²) in [6.45, 7) is 5.28. The van der Waals surface area contributed by atoms with Gasteiger partial charge in [-0.3, -0.25) is 19.4 Å². The first-order chi connectivity index (χ1) is 23.7. The number of rotatable bonds is 18. The van der Waals surface area contributed by atoms with Crippen LogP contribution in [0.5, 0.6) is 0 Å². The lowest BCUT2D eigenvalue weighted by molar-refractivity contribution is -0.155. The molecule has 3 atom stereocenters. The Morgan fingerprint density at radius 2 is 1.42 bits per heavy atom. The third kappa shape index (κ3) is 12.3. The van der Waals surface area contributed by atoms with E-state index < -0.39 is 53.6 Å². The fourth-order valence-corrected chi connectivity index (χ4v) is 5.99.